The maximum atomic E-state index is 12.6. The average Bonchev–Trinajstić information content (AvgIpc) is 2.78. The molecule has 3 rings (SSSR count). The second kappa shape index (κ2) is 11.2. The minimum Gasteiger partial charge on any atom is -0.492 e. The van der Waals surface area contributed by atoms with Crippen molar-refractivity contribution in [3.8, 4) is 11.5 Å². The van der Waals surface area contributed by atoms with E-state index in [4.69, 9.17) is 9.47 Å². The number of ether oxygens (including phenoxy) is 2. The molecule has 7 heteroatoms. The van der Waals surface area contributed by atoms with Gasteiger partial charge in [-0.1, -0.05) is 37.5 Å². The van der Waals surface area contributed by atoms with E-state index in [1.165, 1.54) is 6.42 Å². The van der Waals surface area contributed by atoms with Crippen LogP contribution in [0.25, 0.3) is 0 Å². The molecule has 0 spiro atoms. The zero-order valence-electron chi connectivity index (χ0n) is 18.2. The van der Waals surface area contributed by atoms with E-state index in [1.807, 2.05) is 32.0 Å². The van der Waals surface area contributed by atoms with Gasteiger partial charge < -0.3 is 25.4 Å². The standard InChI is InChI=1S/C24H31N3O4/c1-3-30-21-16-20(27-24(29)25-18-13-9-6-10-14-18)22(31-4-2)15-19(21)26-23(28)17-11-7-5-8-12-17/h5,7-8,11-12,15-16,18H,3-4,6,9-10,13-14H2,1-2H3,(H,26,28)(H2,25,27,29). The molecule has 7 nitrogen and oxygen atoms in total. The Hall–Kier alpha value is -3.22. The summed E-state index contributed by atoms with van der Waals surface area (Å²) >= 11 is 0. The predicted octanol–water partition coefficient (Wildman–Crippen LogP) is 5.19. The molecule has 1 aliphatic rings. The zero-order valence-corrected chi connectivity index (χ0v) is 18.2. The number of anilines is 2. The molecule has 0 atom stereocenters. The molecule has 0 unspecified atom stereocenters. The Morgan fingerprint density at radius 3 is 2.03 bits per heavy atom. The van der Waals surface area contributed by atoms with Crippen LogP contribution in [0.3, 0.4) is 0 Å². The lowest BCUT2D eigenvalue weighted by molar-refractivity contribution is 0.102. The van der Waals surface area contributed by atoms with E-state index in [2.05, 4.69) is 16.0 Å². The summed E-state index contributed by atoms with van der Waals surface area (Å²) in [5.41, 5.74) is 1.52. The highest BCUT2D eigenvalue weighted by atomic mass is 16.5. The van der Waals surface area contributed by atoms with Crippen LogP contribution < -0.4 is 25.4 Å². The third-order valence-corrected chi connectivity index (χ3v) is 5.15. The molecule has 3 amide bonds. The Kier molecular flexibility index (Phi) is 8.15. The van der Waals surface area contributed by atoms with Crippen LogP contribution in [0.15, 0.2) is 42.5 Å². The smallest absolute Gasteiger partial charge is 0.319 e. The summed E-state index contributed by atoms with van der Waals surface area (Å²) in [4.78, 5) is 25.2. The molecule has 1 aliphatic carbocycles. The molecular weight excluding hydrogens is 394 g/mol. The Balaban J connectivity index is 1.81. The number of benzene rings is 2. The normalized spacial score (nSPS) is 13.9. The van der Waals surface area contributed by atoms with Crippen molar-refractivity contribution in [2.24, 2.45) is 0 Å². The zero-order chi connectivity index (χ0) is 22.1. The highest BCUT2D eigenvalue weighted by molar-refractivity contribution is 6.05. The van der Waals surface area contributed by atoms with E-state index in [9.17, 15) is 9.59 Å². The Morgan fingerprint density at radius 1 is 0.871 bits per heavy atom. The van der Waals surface area contributed by atoms with E-state index in [0.717, 1.165) is 25.7 Å². The van der Waals surface area contributed by atoms with Gasteiger partial charge in [0.05, 0.1) is 24.6 Å². The van der Waals surface area contributed by atoms with Gasteiger partial charge in [0.2, 0.25) is 0 Å². The predicted molar refractivity (Wildman–Crippen MR) is 122 cm³/mol. The van der Waals surface area contributed by atoms with E-state index in [0.29, 0.717) is 41.7 Å². The minimum absolute atomic E-state index is 0.195. The van der Waals surface area contributed by atoms with Crippen molar-refractivity contribution >= 4 is 23.3 Å². The molecule has 3 N–H and O–H groups in total. The van der Waals surface area contributed by atoms with Crippen molar-refractivity contribution in [1.82, 2.24) is 5.32 Å². The second-order valence-corrected chi connectivity index (χ2v) is 7.46. The number of urea groups is 1. The molecule has 0 aliphatic heterocycles. The Bertz CT molecular complexity index is 880. The molecule has 0 saturated heterocycles. The first kappa shape index (κ1) is 22.5. The van der Waals surface area contributed by atoms with Gasteiger partial charge in [0.1, 0.15) is 11.5 Å². The summed E-state index contributed by atoms with van der Waals surface area (Å²) in [6.07, 6.45) is 5.50. The van der Waals surface area contributed by atoms with E-state index < -0.39 is 0 Å². The fraction of sp³-hybridized carbons (Fsp3) is 0.417. The van der Waals surface area contributed by atoms with Gasteiger partial charge in [0.25, 0.3) is 5.91 Å². The number of hydrogen-bond acceptors (Lipinski definition) is 4. The van der Waals surface area contributed by atoms with Crippen LogP contribution in [0.4, 0.5) is 16.2 Å². The molecule has 2 aromatic carbocycles. The quantitative estimate of drug-likeness (QED) is 0.543. The van der Waals surface area contributed by atoms with E-state index in [1.54, 1.807) is 24.3 Å². The lowest BCUT2D eigenvalue weighted by Gasteiger charge is -2.23. The molecule has 2 aromatic rings. The number of nitrogens with one attached hydrogen (secondary N) is 3. The van der Waals surface area contributed by atoms with Crippen LogP contribution in [-0.4, -0.2) is 31.2 Å². The highest BCUT2D eigenvalue weighted by Gasteiger charge is 2.19. The van der Waals surface area contributed by atoms with Gasteiger partial charge in [-0.3, -0.25) is 4.79 Å². The summed E-state index contributed by atoms with van der Waals surface area (Å²) in [6.45, 7) is 4.56. The van der Waals surface area contributed by atoms with Crippen LogP contribution in [0.5, 0.6) is 11.5 Å². The monoisotopic (exact) mass is 425 g/mol. The van der Waals surface area contributed by atoms with Crippen molar-refractivity contribution in [2.75, 3.05) is 23.8 Å². The van der Waals surface area contributed by atoms with Gasteiger partial charge >= 0.3 is 6.03 Å². The maximum absolute atomic E-state index is 12.6. The second-order valence-electron chi connectivity index (χ2n) is 7.46. The summed E-state index contributed by atoms with van der Waals surface area (Å²) in [5.74, 6) is 0.677. The molecule has 0 aromatic heterocycles. The molecule has 0 radical (unpaired) electrons. The number of carbonyl (C=O) groups is 2. The van der Waals surface area contributed by atoms with Crippen LogP contribution in [0.2, 0.25) is 0 Å². The van der Waals surface area contributed by atoms with Crippen molar-refractivity contribution in [2.45, 2.75) is 52.0 Å². The topological polar surface area (TPSA) is 88.7 Å². The first-order chi connectivity index (χ1) is 15.1. The lowest BCUT2D eigenvalue weighted by Crippen LogP contribution is -2.39. The fourth-order valence-corrected chi connectivity index (χ4v) is 3.68. The van der Waals surface area contributed by atoms with Gasteiger partial charge in [-0.15, -0.1) is 0 Å². The minimum atomic E-state index is -0.267. The largest absolute Gasteiger partial charge is 0.492 e. The van der Waals surface area contributed by atoms with Crippen molar-refractivity contribution in [3.05, 3.63) is 48.0 Å². The third-order valence-electron chi connectivity index (χ3n) is 5.15. The van der Waals surface area contributed by atoms with Gasteiger partial charge in [-0.2, -0.15) is 0 Å². The SMILES string of the molecule is CCOc1cc(NC(=O)c2ccccc2)c(OCC)cc1NC(=O)NC1CCCCC1. The van der Waals surface area contributed by atoms with Gasteiger partial charge in [-0.25, -0.2) is 4.79 Å². The summed E-state index contributed by atoms with van der Waals surface area (Å²) in [5, 5.41) is 8.81. The fourth-order valence-electron chi connectivity index (χ4n) is 3.68. The number of amides is 3. The first-order valence-corrected chi connectivity index (χ1v) is 11.0. The number of carbonyl (C=O) groups excluding carboxylic acids is 2. The van der Waals surface area contributed by atoms with E-state index in [-0.39, 0.29) is 18.0 Å². The van der Waals surface area contributed by atoms with Crippen molar-refractivity contribution in [1.29, 1.82) is 0 Å². The van der Waals surface area contributed by atoms with Crippen molar-refractivity contribution in [3.63, 3.8) is 0 Å². The molecular formula is C24H31N3O4. The van der Waals surface area contributed by atoms with Gasteiger partial charge in [0.15, 0.2) is 0 Å². The van der Waals surface area contributed by atoms with Crippen LogP contribution >= 0.6 is 0 Å². The van der Waals surface area contributed by atoms with Gasteiger partial charge in [-0.05, 0) is 38.8 Å². The van der Waals surface area contributed by atoms with E-state index >= 15 is 0 Å². The molecule has 0 bridgehead atoms. The molecule has 166 valence electrons. The number of rotatable bonds is 8. The number of hydrogen-bond donors (Lipinski definition) is 3. The average molecular weight is 426 g/mol. The molecule has 1 fully saturated rings. The Labute approximate surface area is 183 Å². The lowest BCUT2D eigenvalue weighted by atomic mass is 9.96. The van der Waals surface area contributed by atoms with Crippen molar-refractivity contribution < 1.29 is 19.1 Å². The molecule has 31 heavy (non-hydrogen) atoms. The summed E-state index contributed by atoms with van der Waals surface area (Å²) in [6, 6.07) is 12.3. The summed E-state index contributed by atoms with van der Waals surface area (Å²) < 4.78 is 11.5. The first-order valence-electron chi connectivity index (χ1n) is 11.0. The van der Waals surface area contributed by atoms with Gasteiger partial charge in [0, 0.05) is 23.7 Å². The highest BCUT2D eigenvalue weighted by Crippen LogP contribution is 2.37. The van der Waals surface area contributed by atoms with Crippen LogP contribution in [0.1, 0.15) is 56.3 Å². The Morgan fingerprint density at radius 2 is 1.45 bits per heavy atom. The van der Waals surface area contributed by atoms with Crippen LogP contribution in [0, 0.1) is 0 Å². The molecule has 1 saturated carbocycles. The maximum Gasteiger partial charge on any atom is 0.319 e. The van der Waals surface area contributed by atoms with Crippen LogP contribution in [-0.2, 0) is 0 Å². The summed E-state index contributed by atoms with van der Waals surface area (Å²) in [7, 11) is 0. The third kappa shape index (κ3) is 6.38. The molecule has 0 heterocycles.